The standard InChI is InChI=1S/C17H21ClN4O/c1-12(2)11-22-15(9-16(23)21-8-7-19-17(21)22)20-10-13-3-5-14(18)6-4-13/h3-6,9,12,20H,7-8,10-11H2,1-2H3. The molecule has 0 aliphatic carbocycles. The van der Waals surface area contributed by atoms with E-state index in [0.29, 0.717) is 25.6 Å². The normalized spacial score (nSPS) is 17.3. The molecule has 1 aromatic carbocycles. The van der Waals surface area contributed by atoms with Gasteiger partial charge in [-0.1, -0.05) is 37.6 Å². The molecule has 0 radical (unpaired) electrons. The second kappa shape index (κ2) is 6.62. The van der Waals surface area contributed by atoms with E-state index in [1.165, 1.54) is 0 Å². The predicted octanol–water partition coefficient (Wildman–Crippen LogP) is 2.44. The van der Waals surface area contributed by atoms with Crippen LogP contribution in [0.25, 0.3) is 0 Å². The van der Waals surface area contributed by atoms with E-state index in [9.17, 15) is 4.79 Å². The number of hydrogen-bond acceptors (Lipinski definition) is 4. The molecule has 3 rings (SSSR count). The maximum atomic E-state index is 12.3. The summed E-state index contributed by atoms with van der Waals surface area (Å²) in [5.41, 5.74) is 1.11. The molecule has 5 nitrogen and oxygen atoms in total. The highest BCUT2D eigenvalue weighted by molar-refractivity contribution is 6.30. The molecule has 0 fully saturated rings. The number of nitrogens with one attached hydrogen (secondary N) is 1. The van der Waals surface area contributed by atoms with Crippen LogP contribution in [0.5, 0.6) is 0 Å². The zero-order valence-electron chi connectivity index (χ0n) is 13.4. The van der Waals surface area contributed by atoms with Crippen LogP contribution < -0.4 is 5.32 Å². The second-order valence-corrected chi connectivity index (χ2v) is 6.62. The van der Waals surface area contributed by atoms with Gasteiger partial charge in [-0.25, -0.2) is 0 Å². The van der Waals surface area contributed by atoms with Crippen LogP contribution in [0, 0.1) is 5.92 Å². The van der Waals surface area contributed by atoms with Crippen molar-refractivity contribution in [2.45, 2.75) is 20.4 Å². The molecule has 0 bridgehead atoms. The van der Waals surface area contributed by atoms with Gasteiger partial charge in [0.25, 0.3) is 5.91 Å². The first-order valence-electron chi connectivity index (χ1n) is 7.88. The molecule has 6 heteroatoms. The van der Waals surface area contributed by atoms with Crippen LogP contribution in [-0.4, -0.2) is 41.3 Å². The van der Waals surface area contributed by atoms with E-state index in [-0.39, 0.29) is 5.91 Å². The Morgan fingerprint density at radius 3 is 2.74 bits per heavy atom. The van der Waals surface area contributed by atoms with Gasteiger partial charge >= 0.3 is 0 Å². The Morgan fingerprint density at radius 1 is 1.30 bits per heavy atom. The minimum absolute atomic E-state index is 0.000128. The monoisotopic (exact) mass is 332 g/mol. The van der Waals surface area contributed by atoms with Gasteiger partial charge in [-0.3, -0.25) is 19.6 Å². The van der Waals surface area contributed by atoms with Crippen molar-refractivity contribution in [3.8, 4) is 0 Å². The lowest BCUT2D eigenvalue weighted by molar-refractivity contribution is -0.123. The third-order valence-electron chi connectivity index (χ3n) is 3.81. The Morgan fingerprint density at radius 2 is 2.04 bits per heavy atom. The number of rotatable bonds is 5. The van der Waals surface area contributed by atoms with Crippen molar-refractivity contribution in [1.82, 2.24) is 15.1 Å². The van der Waals surface area contributed by atoms with Gasteiger partial charge < -0.3 is 5.32 Å². The molecule has 1 amide bonds. The van der Waals surface area contributed by atoms with Gasteiger partial charge in [0.15, 0.2) is 0 Å². The van der Waals surface area contributed by atoms with Gasteiger partial charge in [0, 0.05) is 30.7 Å². The van der Waals surface area contributed by atoms with Gasteiger partial charge in [-0.2, -0.15) is 0 Å². The molecule has 0 atom stereocenters. The highest BCUT2D eigenvalue weighted by Gasteiger charge is 2.34. The van der Waals surface area contributed by atoms with E-state index < -0.39 is 0 Å². The van der Waals surface area contributed by atoms with Crippen LogP contribution in [0.2, 0.25) is 5.02 Å². The molecule has 1 aromatic rings. The van der Waals surface area contributed by atoms with Gasteiger partial charge in [-0.05, 0) is 23.6 Å². The van der Waals surface area contributed by atoms with Gasteiger partial charge in [0.05, 0.1) is 6.54 Å². The molecule has 0 unspecified atom stereocenters. The average molecular weight is 333 g/mol. The van der Waals surface area contributed by atoms with Crippen molar-refractivity contribution in [3.63, 3.8) is 0 Å². The summed E-state index contributed by atoms with van der Waals surface area (Å²) in [5, 5.41) is 4.09. The van der Waals surface area contributed by atoms with Crippen molar-refractivity contribution in [2.24, 2.45) is 10.9 Å². The predicted molar refractivity (Wildman–Crippen MR) is 91.9 cm³/mol. The molecule has 0 aromatic heterocycles. The largest absolute Gasteiger partial charge is 0.367 e. The third kappa shape index (κ3) is 3.50. The van der Waals surface area contributed by atoms with E-state index >= 15 is 0 Å². The number of nitrogens with zero attached hydrogens (tertiary/aromatic N) is 3. The molecular formula is C17H21ClN4O. The minimum Gasteiger partial charge on any atom is -0.367 e. The second-order valence-electron chi connectivity index (χ2n) is 6.19. The SMILES string of the molecule is CC(C)CN1C(NCc2ccc(Cl)cc2)=CC(=O)N2CCN=C21. The van der Waals surface area contributed by atoms with Crippen LogP contribution in [0.3, 0.4) is 0 Å². The summed E-state index contributed by atoms with van der Waals surface area (Å²) in [5.74, 6) is 2.05. The summed E-state index contributed by atoms with van der Waals surface area (Å²) in [6, 6.07) is 7.70. The third-order valence-corrected chi connectivity index (χ3v) is 4.06. The fraction of sp³-hybridized carbons (Fsp3) is 0.412. The van der Waals surface area contributed by atoms with Crippen LogP contribution in [0.1, 0.15) is 19.4 Å². The first-order chi connectivity index (χ1) is 11.0. The number of guanidine groups is 1. The van der Waals surface area contributed by atoms with Gasteiger partial charge in [-0.15, -0.1) is 0 Å². The lowest BCUT2D eigenvalue weighted by Crippen LogP contribution is -2.51. The molecule has 2 aliphatic rings. The highest BCUT2D eigenvalue weighted by atomic mass is 35.5. The number of fused-ring (bicyclic) bond motifs is 1. The Bertz CT molecular complexity index is 651. The Hall–Kier alpha value is -2.01. The number of amides is 1. The first-order valence-corrected chi connectivity index (χ1v) is 8.26. The fourth-order valence-corrected chi connectivity index (χ4v) is 2.87. The lowest BCUT2D eigenvalue weighted by atomic mass is 10.2. The summed E-state index contributed by atoms with van der Waals surface area (Å²) in [7, 11) is 0. The summed E-state index contributed by atoms with van der Waals surface area (Å²) in [6.07, 6.45) is 1.67. The number of carbonyl (C=O) groups excluding carboxylic acids is 1. The van der Waals surface area contributed by atoms with Crippen molar-refractivity contribution in [2.75, 3.05) is 19.6 Å². The van der Waals surface area contributed by atoms with E-state index in [2.05, 4.69) is 29.1 Å². The molecule has 0 saturated carbocycles. The topological polar surface area (TPSA) is 47.9 Å². The summed E-state index contributed by atoms with van der Waals surface area (Å²) < 4.78 is 0. The fourth-order valence-electron chi connectivity index (χ4n) is 2.74. The Labute approximate surface area is 141 Å². The van der Waals surface area contributed by atoms with Crippen LogP contribution >= 0.6 is 11.6 Å². The zero-order chi connectivity index (χ0) is 16.4. The number of hydrogen-bond donors (Lipinski definition) is 1. The van der Waals surface area contributed by atoms with E-state index in [0.717, 1.165) is 28.9 Å². The molecule has 2 aliphatic heterocycles. The maximum Gasteiger partial charge on any atom is 0.256 e. The smallest absolute Gasteiger partial charge is 0.256 e. The molecule has 23 heavy (non-hydrogen) atoms. The van der Waals surface area contributed by atoms with Crippen LogP contribution in [0.4, 0.5) is 0 Å². The van der Waals surface area contributed by atoms with Crippen LogP contribution in [0.15, 0.2) is 41.2 Å². The number of carbonyl (C=O) groups is 1. The lowest BCUT2D eigenvalue weighted by Gasteiger charge is -2.36. The molecule has 0 spiro atoms. The number of halogens is 1. The minimum atomic E-state index is -0.000128. The van der Waals surface area contributed by atoms with Crippen LogP contribution in [-0.2, 0) is 11.3 Å². The Balaban J connectivity index is 1.78. The van der Waals surface area contributed by atoms with E-state index in [4.69, 9.17) is 11.6 Å². The quantitative estimate of drug-likeness (QED) is 0.901. The van der Waals surface area contributed by atoms with Gasteiger partial charge in [0.1, 0.15) is 5.82 Å². The van der Waals surface area contributed by atoms with Crippen molar-refractivity contribution < 1.29 is 4.79 Å². The van der Waals surface area contributed by atoms with Crippen molar-refractivity contribution in [3.05, 3.63) is 46.7 Å². The van der Waals surface area contributed by atoms with Gasteiger partial charge in [0.2, 0.25) is 5.96 Å². The molecule has 122 valence electrons. The van der Waals surface area contributed by atoms with Crippen molar-refractivity contribution in [1.29, 1.82) is 0 Å². The zero-order valence-corrected chi connectivity index (χ0v) is 14.2. The average Bonchev–Trinajstić information content (AvgIpc) is 3.00. The van der Waals surface area contributed by atoms with E-state index in [1.807, 2.05) is 24.3 Å². The number of aliphatic imine (C=N–C) groups is 1. The highest BCUT2D eigenvalue weighted by Crippen LogP contribution is 2.20. The Kier molecular flexibility index (Phi) is 4.57. The summed E-state index contributed by atoms with van der Waals surface area (Å²) in [4.78, 5) is 20.6. The molecular weight excluding hydrogens is 312 g/mol. The maximum absolute atomic E-state index is 12.3. The van der Waals surface area contributed by atoms with Crippen molar-refractivity contribution >= 4 is 23.5 Å². The van der Waals surface area contributed by atoms with E-state index in [1.54, 1.807) is 11.0 Å². The molecule has 1 N–H and O–H groups in total. The summed E-state index contributed by atoms with van der Waals surface area (Å²) in [6.45, 7) is 7.12. The molecule has 2 heterocycles. The summed E-state index contributed by atoms with van der Waals surface area (Å²) >= 11 is 5.92. The molecule has 0 saturated heterocycles. The number of benzene rings is 1. The first kappa shape index (κ1) is 15.9.